The fraction of sp³-hybridized carbons (Fsp3) is 0.300. The molecule has 2 saturated heterocycles. The topological polar surface area (TPSA) is 66.8 Å². The van der Waals surface area contributed by atoms with Crippen molar-refractivity contribution in [2.24, 2.45) is 4.99 Å². The maximum atomic E-state index is 12.6. The molecule has 152 valence electrons. The van der Waals surface area contributed by atoms with Crippen LogP contribution < -0.4 is 4.90 Å². The molecule has 2 aromatic rings. The highest BCUT2D eigenvalue weighted by atomic mass is 35.5. The van der Waals surface area contributed by atoms with Crippen molar-refractivity contribution in [2.75, 3.05) is 16.4 Å². The lowest BCUT2D eigenvalue weighted by atomic mass is 10.1. The highest BCUT2D eigenvalue weighted by Gasteiger charge is 2.49. The van der Waals surface area contributed by atoms with Crippen LogP contribution in [0, 0.1) is 6.92 Å². The summed E-state index contributed by atoms with van der Waals surface area (Å²) in [7, 11) is -3.15. The number of hydrogen-bond acceptors (Lipinski definition) is 4. The molecule has 0 unspecified atom stereocenters. The molecule has 0 radical (unpaired) electrons. The number of thioether (sulfide) groups is 1. The van der Waals surface area contributed by atoms with Crippen molar-refractivity contribution in [3.63, 3.8) is 0 Å². The van der Waals surface area contributed by atoms with Crippen LogP contribution in [-0.4, -0.2) is 42.3 Å². The first-order valence-electron chi connectivity index (χ1n) is 9.00. The molecule has 0 aliphatic carbocycles. The molecule has 2 atom stereocenters. The van der Waals surface area contributed by atoms with Crippen molar-refractivity contribution in [3.05, 3.63) is 63.6 Å². The predicted octanol–water partition coefficient (Wildman–Crippen LogP) is 4.15. The Labute approximate surface area is 184 Å². The molecule has 5 nitrogen and oxygen atoms in total. The Kier molecular flexibility index (Phi) is 5.68. The largest absolute Gasteiger partial charge is 0.314 e. The summed E-state index contributed by atoms with van der Waals surface area (Å²) in [6.07, 6.45) is 0.176. The van der Waals surface area contributed by atoms with Gasteiger partial charge in [0.25, 0.3) is 5.91 Å². The maximum Gasteiger partial charge on any atom is 0.252 e. The third-order valence-electron chi connectivity index (χ3n) is 4.93. The van der Waals surface area contributed by atoms with Crippen molar-refractivity contribution >= 4 is 61.6 Å². The summed E-state index contributed by atoms with van der Waals surface area (Å²) < 4.78 is 24.3. The zero-order valence-corrected chi connectivity index (χ0v) is 18.7. The second kappa shape index (κ2) is 7.95. The molecule has 2 aliphatic rings. The van der Waals surface area contributed by atoms with Gasteiger partial charge in [-0.25, -0.2) is 8.42 Å². The summed E-state index contributed by atoms with van der Waals surface area (Å²) >= 11 is 13.9. The van der Waals surface area contributed by atoms with E-state index in [1.165, 1.54) is 11.8 Å². The summed E-state index contributed by atoms with van der Waals surface area (Å²) in [6.45, 7) is 1.99. The minimum absolute atomic E-state index is 0.00131. The number of amides is 1. The first-order valence-corrected chi connectivity index (χ1v) is 12.5. The standard InChI is InChI=1S/C20H18Cl2N2O3S2/c1-12-2-4-13(5-3-12)8-19(25)23-20-24(16-9-14(21)6-7-15(16)22)17-10-29(26,27)11-18(17)28-20/h2-7,9,17-18H,8,10-11H2,1H3/t17-,18+/m0/s1. The lowest BCUT2D eigenvalue weighted by Gasteiger charge is -2.25. The van der Waals surface area contributed by atoms with Crippen LogP contribution in [-0.2, 0) is 21.1 Å². The number of aryl methyl sites for hydroxylation is 1. The Morgan fingerprint density at radius 3 is 2.62 bits per heavy atom. The summed E-state index contributed by atoms with van der Waals surface area (Å²) in [5.41, 5.74) is 2.57. The van der Waals surface area contributed by atoms with Gasteiger partial charge in [-0.15, -0.1) is 0 Å². The van der Waals surface area contributed by atoms with E-state index in [1.54, 1.807) is 23.1 Å². The van der Waals surface area contributed by atoms with Gasteiger partial charge < -0.3 is 4.90 Å². The van der Waals surface area contributed by atoms with E-state index >= 15 is 0 Å². The predicted molar refractivity (Wildman–Crippen MR) is 120 cm³/mol. The van der Waals surface area contributed by atoms with Gasteiger partial charge in [0.1, 0.15) is 0 Å². The van der Waals surface area contributed by atoms with Gasteiger partial charge in [-0.3, -0.25) is 4.79 Å². The number of amidine groups is 1. The van der Waals surface area contributed by atoms with Crippen molar-refractivity contribution in [1.29, 1.82) is 0 Å². The number of halogens is 2. The number of anilines is 1. The number of fused-ring (bicyclic) bond motifs is 1. The van der Waals surface area contributed by atoms with E-state index in [9.17, 15) is 13.2 Å². The van der Waals surface area contributed by atoms with Crippen LogP contribution >= 0.6 is 35.0 Å². The molecular formula is C20H18Cl2N2O3S2. The highest BCUT2D eigenvalue weighted by molar-refractivity contribution is 8.16. The van der Waals surface area contributed by atoms with Gasteiger partial charge >= 0.3 is 0 Å². The van der Waals surface area contributed by atoms with Crippen molar-refractivity contribution in [3.8, 4) is 0 Å². The fourth-order valence-corrected chi connectivity index (χ4v) is 7.84. The van der Waals surface area contributed by atoms with Crippen molar-refractivity contribution < 1.29 is 13.2 Å². The number of benzene rings is 2. The average molecular weight is 469 g/mol. The zero-order valence-electron chi connectivity index (χ0n) is 15.5. The van der Waals surface area contributed by atoms with Crippen LogP contribution in [0.5, 0.6) is 0 Å². The number of carbonyl (C=O) groups is 1. The second-order valence-corrected chi connectivity index (χ2v) is 11.4. The average Bonchev–Trinajstić information content (AvgIpc) is 3.10. The molecule has 2 fully saturated rings. The Hall–Kier alpha value is -1.54. The number of rotatable bonds is 3. The molecule has 2 aliphatic heterocycles. The first-order chi connectivity index (χ1) is 13.7. The number of hydrogen-bond donors (Lipinski definition) is 0. The fourth-order valence-electron chi connectivity index (χ4n) is 3.54. The molecule has 2 heterocycles. The van der Waals surface area contributed by atoms with Crippen molar-refractivity contribution in [2.45, 2.75) is 24.6 Å². The zero-order chi connectivity index (χ0) is 20.8. The highest BCUT2D eigenvalue weighted by Crippen LogP contribution is 2.43. The van der Waals surface area contributed by atoms with E-state index in [1.807, 2.05) is 31.2 Å². The van der Waals surface area contributed by atoms with Gasteiger partial charge in [-0.2, -0.15) is 4.99 Å². The molecule has 0 aromatic heterocycles. The minimum Gasteiger partial charge on any atom is -0.314 e. The van der Waals surface area contributed by atoms with Crippen LogP contribution in [0.4, 0.5) is 5.69 Å². The van der Waals surface area contributed by atoms with E-state index < -0.39 is 9.84 Å². The van der Waals surface area contributed by atoms with E-state index in [-0.39, 0.29) is 35.1 Å². The third-order valence-corrected chi connectivity index (χ3v) is 8.70. The lowest BCUT2D eigenvalue weighted by molar-refractivity contribution is -0.117. The van der Waals surface area contributed by atoms with Gasteiger partial charge in [0.2, 0.25) is 0 Å². The smallest absolute Gasteiger partial charge is 0.252 e. The second-order valence-electron chi connectivity index (χ2n) is 7.22. The number of sulfone groups is 1. The molecule has 29 heavy (non-hydrogen) atoms. The Morgan fingerprint density at radius 1 is 1.17 bits per heavy atom. The molecule has 2 aromatic carbocycles. The van der Waals surface area contributed by atoms with E-state index in [4.69, 9.17) is 23.2 Å². The van der Waals surface area contributed by atoms with Crippen LogP contribution in [0.3, 0.4) is 0 Å². The van der Waals surface area contributed by atoms with Gasteiger partial charge in [0.05, 0.1) is 34.7 Å². The van der Waals surface area contributed by atoms with Crippen LogP contribution in [0.25, 0.3) is 0 Å². The van der Waals surface area contributed by atoms with E-state index in [2.05, 4.69) is 4.99 Å². The SMILES string of the molecule is Cc1ccc(CC(=O)N=C2S[C@@H]3CS(=O)(=O)C[C@@H]3N2c2cc(Cl)ccc2Cl)cc1. The van der Waals surface area contributed by atoms with Crippen LogP contribution in [0.15, 0.2) is 47.5 Å². The molecular weight excluding hydrogens is 451 g/mol. The molecule has 9 heteroatoms. The quantitative estimate of drug-likeness (QED) is 0.676. The first kappa shape index (κ1) is 20.7. The van der Waals surface area contributed by atoms with Crippen LogP contribution in [0.2, 0.25) is 10.0 Å². The van der Waals surface area contributed by atoms with Crippen LogP contribution in [0.1, 0.15) is 11.1 Å². The summed E-state index contributed by atoms with van der Waals surface area (Å²) in [5, 5.41) is 1.18. The number of carbonyl (C=O) groups excluding carboxylic acids is 1. The normalized spacial score (nSPS) is 24.1. The summed E-state index contributed by atoms with van der Waals surface area (Å²) in [6, 6.07) is 12.4. The Morgan fingerprint density at radius 2 is 1.90 bits per heavy atom. The molecule has 0 bridgehead atoms. The summed E-state index contributed by atoms with van der Waals surface area (Å²) in [5.74, 6) is -0.233. The lowest BCUT2D eigenvalue weighted by Crippen LogP contribution is -2.38. The minimum atomic E-state index is -3.15. The molecule has 0 N–H and O–H groups in total. The molecule has 4 rings (SSSR count). The third kappa shape index (κ3) is 4.48. The molecule has 1 amide bonds. The monoisotopic (exact) mass is 468 g/mol. The molecule has 0 spiro atoms. The number of aliphatic imine (C=N–C) groups is 1. The van der Waals surface area contributed by atoms with Crippen molar-refractivity contribution in [1.82, 2.24) is 0 Å². The summed E-state index contributed by atoms with van der Waals surface area (Å²) in [4.78, 5) is 18.7. The van der Waals surface area contributed by atoms with Gasteiger partial charge in [-0.05, 0) is 30.7 Å². The van der Waals surface area contributed by atoms with E-state index in [0.29, 0.717) is 20.9 Å². The Balaban J connectivity index is 1.67. The number of nitrogens with zero attached hydrogens (tertiary/aromatic N) is 2. The van der Waals surface area contributed by atoms with Gasteiger partial charge in [0, 0.05) is 10.3 Å². The van der Waals surface area contributed by atoms with Gasteiger partial charge in [0.15, 0.2) is 15.0 Å². The molecule has 0 saturated carbocycles. The maximum absolute atomic E-state index is 12.6. The van der Waals surface area contributed by atoms with Gasteiger partial charge in [-0.1, -0.05) is 64.8 Å². The van der Waals surface area contributed by atoms with E-state index in [0.717, 1.165) is 11.1 Å². The Bertz CT molecular complexity index is 1100.